The predicted octanol–water partition coefficient (Wildman–Crippen LogP) is 2.11. The lowest BCUT2D eigenvalue weighted by molar-refractivity contribution is 0.0597. The van der Waals surface area contributed by atoms with Crippen LogP contribution in [0, 0.1) is 0 Å². The Morgan fingerprint density at radius 1 is 1.06 bits per heavy atom. The lowest BCUT2D eigenvalue weighted by Crippen LogP contribution is -2.04. The first-order chi connectivity index (χ1) is 7.97. The van der Waals surface area contributed by atoms with Crippen molar-refractivity contribution in [1.82, 2.24) is 0 Å². The number of aromatic hydroxyl groups is 2. The number of hydrogen-bond acceptors (Lipinski definition) is 5. The second-order valence-electron chi connectivity index (χ2n) is 2.93. The molecular formula is C12H16O5. The molecule has 1 aromatic carbocycles. The van der Waals surface area contributed by atoms with Crippen molar-refractivity contribution in [2.24, 2.45) is 0 Å². The van der Waals surface area contributed by atoms with Gasteiger partial charge in [-0.1, -0.05) is 13.8 Å². The second-order valence-corrected chi connectivity index (χ2v) is 2.93. The minimum atomic E-state index is -0.769. The molecule has 1 rings (SSSR count). The Balaban J connectivity index is 0.00000121. The van der Waals surface area contributed by atoms with Crippen LogP contribution < -0.4 is 0 Å². The Kier molecular flexibility index (Phi) is 5.74. The molecule has 0 spiro atoms. The summed E-state index contributed by atoms with van der Waals surface area (Å²) in [6, 6.07) is 2.03. The van der Waals surface area contributed by atoms with E-state index >= 15 is 0 Å². The minimum absolute atomic E-state index is 0.0341. The number of ether oxygens (including phenoxy) is 1. The largest absolute Gasteiger partial charge is 0.507 e. The molecule has 0 aliphatic rings. The molecule has 0 saturated heterocycles. The van der Waals surface area contributed by atoms with E-state index in [1.165, 1.54) is 6.92 Å². The van der Waals surface area contributed by atoms with Crippen molar-refractivity contribution in [2.45, 2.75) is 20.8 Å². The molecule has 5 heteroatoms. The van der Waals surface area contributed by atoms with Gasteiger partial charge in [0.25, 0.3) is 0 Å². The molecular weight excluding hydrogens is 224 g/mol. The third-order valence-corrected chi connectivity index (χ3v) is 1.90. The highest BCUT2D eigenvalue weighted by Crippen LogP contribution is 2.28. The first kappa shape index (κ1) is 15.0. The molecule has 17 heavy (non-hydrogen) atoms. The fraction of sp³-hybridized carbons (Fsp3) is 0.333. The maximum Gasteiger partial charge on any atom is 0.341 e. The van der Waals surface area contributed by atoms with E-state index in [0.29, 0.717) is 0 Å². The van der Waals surface area contributed by atoms with Gasteiger partial charge in [0.2, 0.25) is 0 Å². The zero-order chi connectivity index (χ0) is 13.6. The summed E-state index contributed by atoms with van der Waals surface area (Å²) >= 11 is 0. The van der Waals surface area contributed by atoms with Gasteiger partial charge in [-0.15, -0.1) is 0 Å². The first-order valence-electron chi connectivity index (χ1n) is 5.12. The van der Waals surface area contributed by atoms with Crippen molar-refractivity contribution in [3.05, 3.63) is 23.3 Å². The summed E-state index contributed by atoms with van der Waals surface area (Å²) in [4.78, 5) is 22.2. The number of benzene rings is 1. The van der Waals surface area contributed by atoms with Crippen LogP contribution >= 0.6 is 0 Å². The summed E-state index contributed by atoms with van der Waals surface area (Å²) in [5.74, 6) is -1.97. The van der Waals surface area contributed by atoms with Crippen LogP contribution in [0.2, 0.25) is 0 Å². The van der Waals surface area contributed by atoms with Crippen molar-refractivity contribution in [3.63, 3.8) is 0 Å². The molecule has 1 aromatic rings. The van der Waals surface area contributed by atoms with E-state index in [0.717, 1.165) is 19.2 Å². The number of phenolic OH excluding ortho intramolecular Hbond substituents is 2. The number of methoxy groups -OCH3 is 1. The molecule has 0 unspecified atom stereocenters. The van der Waals surface area contributed by atoms with E-state index < -0.39 is 17.5 Å². The highest BCUT2D eigenvalue weighted by Gasteiger charge is 2.17. The molecule has 0 radical (unpaired) electrons. The lowest BCUT2D eigenvalue weighted by atomic mass is 10.1. The Hall–Kier alpha value is -2.04. The number of hydrogen-bond donors (Lipinski definition) is 2. The van der Waals surface area contributed by atoms with Gasteiger partial charge < -0.3 is 14.9 Å². The number of carbonyl (C=O) groups is 2. The normalized spacial score (nSPS) is 8.94. The van der Waals surface area contributed by atoms with Crippen LogP contribution in [0.15, 0.2) is 12.1 Å². The lowest BCUT2D eigenvalue weighted by Gasteiger charge is -2.06. The van der Waals surface area contributed by atoms with Crippen LogP contribution in [0.3, 0.4) is 0 Å². The molecule has 0 heterocycles. The summed E-state index contributed by atoms with van der Waals surface area (Å²) in [6.07, 6.45) is 0. The summed E-state index contributed by atoms with van der Waals surface area (Å²) in [5.41, 5.74) is -0.186. The molecule has 0 aromatic heterocycles. The van der Waals surface area contributed by atoms with Crippen LogP contribution in [0.4, 0.5) is 0 Å². The number of Topliss-reactive ketones (excluding diaryl/α,β-unsaturated/α-hetero) is 1. The van der Waals surface area contributed by atoms with Crippen molar-refractivity contribution in [3.8, 4) is 11.5 Å². The topological polar surface area (TPSA) is 83.8 Å². The maximum atomic E-state index is 11.1. The molecule has 94 valence electrons. The van der Waals surface area contributed by atoms with Crippen molar-refractivity contribution in [2.75, 3.05) is 7.11 Å². The Bertz CT molecular complexity index is 423. The zero-order valence-corrected chi connectivity index (χ0v) is 10.3. The van der Waals surface area contributed by atoms with E-state index in [1.807, 2.05) is 13.8 Å². The van der Waals surface area contributed by atoms with Crippen LogP contribution in [0.1, 0.15) is 41.5 Å². The highest BCUT2D eigenvalue weighted by atomic mass is 16.5. The number of phenols is 2. The molecule has 0 saturated carbocycles. The van der Waals surface area contributed by atoms with Gasteiger partial charge in [-0.2, -0.15) is 0 Å². The van der Waals surface area contributed by atoms with E-state index in [-0.39, 0.29) is 16.9 Å². The van der Waals surface area contributed by atoms with Crippen molar-refractivity contribution >= 4 is 11.8 Å². The van der Waals surface area contributed by atoms with Crippen LogP contribution in [0.5, 0.6) is 11.5 Å². The van der Waals surface area contributed by atoms with Gasteiger partial charge in [0.05, 0.1) is 12.7 Å². The first-order valence-corrected chi connectivity index (χ1v) is 5.12. The monoisotopic (exact) mass is 240 g/mol. The molecule has 2 N–H and O–H groups in total. The second kappa shape index (κ2) is 6.52. The summed E-state index contributed by atoms with van der Waals surface area (Å²) < 4.78 is 4.40. The van der Waals surface area contributed by atoms with Crippen LogP contribution in [-0.2, 0) is 4.74 Å². The van der Waals surface area contributed by atoms with Crippen LogP contribution in [-0.4, -0.2) is 29.1 Å². The van der Waals surface area contributed by atoms with E-state index in [1.54, 1.807) is 0 Å². The summed E-state index contributed by atoms with van der Waals surface area (Å²) in [5, 5.41) is 18.6. The molecule has 0 atom stereocenters. The average molecular weight is 240 g/mol. The predicted molar refractivity (Wildman–Crippen MR) is 62.5 cm³/mol. The smallest absolute Gasteiger partial charge is 0.341 e. The third kappa shape index (κ3) is 3.48. The minimum Gasteiger partial charge on any atom is -0.507 e. The quantitative estimate of drug-likeness (QED) is 0.611. The third-order valence-electron chi connectivity index (χ3n) is 1.90. The van der Waals surface area contributed by atoms with Gasteiger partial charge >= 0.3 is 5.97 Å². The molecule has 0 amide bonds. The molecule has 0 aliphatic heterocycles. The van der Waals surface area contributed by atoms with E-state index in [2.05, 4.69) is 4.74 Å². The van der Waals surface area contributed by atoms with Gasteiger partial charge in [0.1, 0.15) is 17.1 Å². The number of esters is 1. The van der Waals surface area contributed by atoms with Gasteiger partial charge in [0, 0.05) is 6.07 Å². The molecule has 0 bridgehead atoms. The Morgan fingerprint density at radius 2 is 1.53 bits per heavy atom. The zero-order valence-electron chi connectivity index (χ0n) is 10.3. The highest BCUT2D eigenvalue weighted by molar-refractivity contribution is 6.01. The van der Waals surface area contributed by atoms with E-state index in [9.17, 15) is 19.8 Å². The van der Waals surface area contributed by atoms with Gasteiger partial charge in [-0.25, -0.2) is 4.79 Å². The average Bonchev–Trinajstić information content (AvgIpc) is 2.30. The van der Waals surface area contributed by atoms with Crippen molar-refractivity contribution < 1.29 is 24.5 Å². The molecule has 5 nitrogen and oxygen atoms in total. The van der Waals surface area contributed by atoms with Gasteiger partial charge in [-0.3, -0.25) is 4.79 Å². The molecule has 0 aliphatic carbocycles. The number of carbonyl (C=O) groups excluding carboxylic acids is 2. The standard InChI is InChI=1S/C10H10O5.C2H6/c1-5(11)6-3-7(10(14)15-2)9(13)4-8(6)12;1-2/h3-4,12-13H,1-2H3;1-2H3. The molecule has 0 fully saturated rings. The number of ketones is 1. The summed E-state index contributed by atoms with van der Waals surface area (Å²) in [7, 11) is 1.15. The Morgan fingerprint density at radius 3 is 1.94 bits per heavy atom. The fourth-order valence-corrected chi connectivity index (χ4v) is 1.13. The summed E-state index contributed by atoms with van der Waals surface area (Å²) in [6.45, 7) is 5.24. The Labute approximate surface area is 99.7 Å². The SMILES string of the molecule is CC.COC(=O)c1cc(C(C)=O)c(O)cc1O. The van der Waals surface area contributed by atoms with Gasteiger partial charge in [0.15, 0.2) is 5.78 Å². The van der Waals surface area contributed by atoms with E-state index in [4.69, 9.17) is 0 Å². The van der Waals surface area contributed by atoms with Gasteiger partial charge in [-0.05, 0) is 13.0 Å². The number of rotatable bonds is 2. The van der Waals surface area contributed by atoms with Crippen LogP contribution in [0.25, 0.3) is 0 Å². The fourth-order valence-electron chi connectivity index (χ4n) is 1.13. The maximum absolute atomic E-state index is 11.1. The van der Waals surface area contributed by atoms with Crippen molar-refractivity contribution in [1.29, 1.82) is 0 Å².